The fourth-order valence-corrected chi connectivity index (χ4v) is 2.92. The zero-order chi connectivity index (χ0) is 18.0. The SMILES string of the molecule is COc1ccc(Sc2c(F)c(F)c(F)c(F)c2F)c(OC)c1OC. The Morgan fingerprint density at radius 1 is 0.667 bits per heavy atom. The maximum absolute atomic E-state index is 13.8. The summed E-state index contributed by atoms with van der Waals surface area (Å²) in [6, 6.07) is 2.76. The normalized spacial score (nSPS) is 10.7. The van der Waals surface area contributed by atoms with Crippen molar-refractivity contribution in [2.45, 2.75) is 9.79 Å². The van der Waals surface area contributed by atoms with Crippen molar-refractivity contribution in [3.63, 3.8) is 0 Å². The van der Waals surface area contributed by atoms with E-state index in [1.165, 1.54) is 33.5 Å². The van der Waals surface area contributed by atoms with Crippen LogP contribution in [0, 0.1) is 29.1 Å². The van der Waals surface area contributed by atoms with Crippen LogP contribution in [-0.2, 0) is 0 Å². The van der Waals surface area contributed by atoms with Gasteiger partial charge in [-0.3, -0.25) is 0 Å². The van der Waals surface area contributed by atoms with Gasteiger partial charge >= 0.3 is 0 Å². The minimum absolute atomic E-state index is 0.0331. The monoisotopic (exact) mass is 366 g/mol. The molecule has 0 aromatic heterocycles. The number of rotatable bonds is 5. The maximum atomic E-state index is 13.8. The van der Waals surface area contributed by atoms with E-state index < -0.39 is 34.0 Å². The van der Waals surface area contributed by atoms with Crippen LogP contribution < -0.4 is 14.2 Å². The largest absolute Gasteiger partial charge is 0.493 e. The molecule has 0 radical (unpaired) electrons. The van der Waals surface area contributed by atoms with Crippen LogP contribution in [0.2, 0.25) is 0 Å². The van der Waals surface area contributed by atoms with Crippen LogP contribution in [0.5, 0.6) is 17.2 Å². The summed E-state index contributed by atoms with van der Waals surface area (Å²) in [5, 5.41) is 0. The van der Waals surface area contributed by atoms with Crippen molar-refractivity contribution in [1.29, 1.82) is 0 Å². The fourth-order valence-electron chi connectivity index (χ4n) is 1.94. The van der Waals surface area contributed by atoms with Crippen molar-refractivity contribution >= 4 is 11.8 Å². The number of methoxy groups -OCH3 is 3. The van der Waals surface area contributed by atoms with Gasteiger partial charge in [0.25, 0.3) is 0 Å². The molecule has 0 saturated heterocycles. The molecule has 0 fully saturated rings. The van der Waals surface area contributed by atoms with E-state index in [0.29, 0.717) is 11.8 Å². The first kappa shape index (κ1) is 18.2. The van der Waals surface area contributed by atoms with Crippen LogP contribution in [0.15, 0.2) is 21.9 Å². The van der Waals surface area contributed by atoms with E-state index in [2.05, 4.69) is 0 Å². The zero-order valence-electron chi connectivity index (χ0n) is 12.7. The van der Waals surface area contributed by atoms with E-state index in [9.17, 15) is 22.0 Å². The van der Waals surface area contributed by atoms with Crippen molar-refractivity contribution < 1.29 is 36.2 Å². The molecule has 2 aromatic carbocycles. The quantitative estimate of drug-likeness (QED) is 0.441. The standard InChI is InChI=1S/C15H11F5O3S/c1-21-6-4-5-7(14(23-3)13(6)22-2)24-15-11(19)9(17)8(16)10(18)12(15)20/h4-5H,1-3H3. The van der Waals surface area contributed by atoms with Crippen molar-refractivity contribution in [2.24, 2.45) is 0 Å². The van der Waals surface area contributed by atoms with Crippen molar-refractivity contribution in [1.82, 2.24) is 0 Å². The van der Waals surface area contributed by atoms with Gasteiger partial charge in [0.05, 0.1) is 31.1 Å². The summed E-state index contributed by atoms with van der Waals surface area (Å²) in [5.74, 6) is -9.67. The van der Waals surface area contributed by atoms with Gasteiger partial charge in [0.2, 0.25) is 11.6 Å². The minimum atomic E-state index is -2.21. The Balaban J connectivity index is 2.61. The highest BCUT2D eigenvalue weighted by molar-refractivity contribution is 7.99. The molecule has 24 heavy (non-hydrogen) atoms. The smallest absolute Gasteiger partial charge is 0.204 e. The molecule has 2 rings (SSSR count). The van der Waals surface area contributed by atoms with Crippen LogP contribution in [0.25, 0.3) is 0 Å². The predicted octanol–water partition coefficient (Wildman–Crippen LogP) is 4.56. The predicted molar refractivity (Wildman–Crippen MR) is 76.5 cm³/mol. The lowest BCUT2D eigenvalue weighted by Crippen LogP contribution is -2.03. The number of ether oxygens (including phenoxy) is 3. The van der Waals surface area contributed by atoms with Gasteiger partial charge in [0.1, 0.15) is 0 Å². The second-order valence-electron chi connectivity index (χ2n) is 4.33. The number of hydrogen-bond donors (Lipinski definition) is 0. The van der Waals surface area contributed by atoms with Gasteiger partial charge in [0, 0.05) is 0 Å². The average Bonchev–Trinajstić information content (AvgIpc) is 2.60. The second-order valence-corrected chi connectivity index (χ2v) is 5.39. The highest BCUT2D eigenvalue weighted by Gasteiger charge is 2.28. The lowest BCUT2D eigenvalue weighted by molar-refractivity contribution is 0.319. The summed E-state index contributed by atoms with van der Waals surface area (Å²) in [7, 11) is 3.95. The molecular weight excluding hydrogens is 355 g/mol. The molecule has 0 heterocycles. The molecule has 0 N–H and O–H groups in total. The van der Waals surface area contributed by atoms with Gasteiger partial charge in [-0.05, 0) is 12.1 Å². The van der Waals surface area contributed by atoms with Gasteiger partial charge < -0.3 is 14.2 Å². The third-order valence-electron chi connectivity index (χ3n) is 3.05. The Morgan fingerprint density at radius 2 is 1.17 bits per heavy atom. The van der Waals surface area contributed by atoms with Gasteiger partial charge in [-0.2, -0.15) is 0 Å². The second kappa shape index (κ2) is 7.16. The molecule has 0 unspecified atom stereocenters. The van der Waals surface area contributed by atoms with Crippen molar-refractivity contribution in [3.8, 4) is 17.2 Å². The average molecular weight is 366 g/mol. The molecule has 9 heteroatoms. The maximum Gasteiger partial charge on any atom is 0.204 e. The van der Waals surface area contributed by atoms with E-state index in [1.807, 2.05) is 0 Å². The first-order valence-electron chi connectivity index (χ1n) is 6.35. The third-order valence-corrected chi connectivity index (χ3v) is 4.15. The molecule has 0 saturated carbocycles. The summed E-state index contributed by atoms with van der Waals surface area (Å²) in [5.41, 5.74) is 0. The van der Waals surface area contributed by atoms with E-state index in [0.717, 1.165) is 0 Å². The molecule has 130 valence electrons. The summed E-state index contributed by atoms with van der Waals surface area (Å²) < 4.78 is 82.6. The number of hydrogen-bond acceptors (Lipinski definition) is 4. The molecule has 2 aromatic rings. The van der Waals surface area contributed by atoms with E-state index in [-0.39, 0.29) is 22.1 Å². The van der Waals surface area contributed by atoms with Crippen LogP contribution >= 0.6 is 11.8 Å². The summed E-state index contributed by atoms with van der Waals surface area (Å²) in [6.45, 7) is 0. The van der Waals surface area contributed by atoms with Crippen LogP contribution in [0.4, 0.5) is 22.0 Å². The lowest BCUT2D eigenvalue weighted by atomic mass is 10.3. The third kappa shape index (κ3) is 2.95. The first-order valence-corrected chi connectivity index (χ1v) is 7.17. The van der Waals surface area contributed by atoms with Gasteiger partial charge in [0.15, 0.2) is 34.8 Å². The molecule has 0 aliphatic carbocycles. The molecule has 0 spiro atoms. The first-order chi connectivity index (χ1) is 11.4. The molecule has 0 aliphatic heterocycles. The number of halogens is 5. The highest BCUT2D eigenvalue weighted by atomic mass is 32.2. The van der Waals surface area contributed by atoms with E-state index in [1.54, 1.807) is 0 Å². The lowest BCUT2D eigenvalue weighted by Gasteiger charge is -2.16. The summed E-state index contributed by atoms with van der Waals surface area (Å²) in [4.78, 5) is -0.963. The van der Waals surface area contributed by atoms with Crippen molar-refractivity contribution in [2.75, 3.05) is 21.3 Å². The molecule has 3 nitrogen and oxygen atoms in total. The van der Waals surface area contributed by atoms with Gasteiger partial charge in [-0.1, -0.05) is 11.8 Å². The topological polar surface area (TPSA) is 27.7 Å². The minimum Gasteiger partial charge on any atom is -0.493 e. The van der Waals surface area contributed by atoms with Crippen LogP contribution in [-0.4, -0.2) is 21.3 Å². The van der Waals surface area contributed by atoms with Gasteiger partial charge in [-0.25, -0.2) is 22.0 Å². The Bertz CT molecular complexity index is 753. The van der Waals surface area contributed by atoms with Gasteiger partial charge in [-0.15, -0.1) is 0 Å². The fraction of sp³-hybridized carbons (Fsp3) is 0.200. The molecule has 0 aliphatic rings. The Kier molecular flexibility index (Phi) is 5.43. The Labute approximate surface area is 138 Å². The Hall–Kier alpha value is -2.16. The van der Waals surface area contributed by atoms with Crippen molar-refractivity contribution in [3.05, 3.63) is 41.2 Å². The van der Waals surface area contributed by atoms with Crippen LogP contribution in [0.3, 0.4) is 0 Å². The molecule has 0 atom stereocenters. The van der Waals surface area contributed by atoms with E-state index >= 15 is 0 Å². The number of benzene rings is 2. The summed E-state index contributed by atoms with van der Waals surface area (Å²) in [6.07, 6.45) is 0. The Morgan fingerprint density at radius 3 is 1.62 bits per heavy atom. The highest BCUT2D eigenvalue weighted by Crippen LogP contribution is 2.47. The molecular formula is C15H11F5O3S. The molecule has 0 amide bonds. The van der Waals surface area contributed by atoms with E-state index in [4.69, 9.17) is 14.2 Å². The zero-order valence-corrected chi connectivity index (χ0v) is 13.5. The summed E-state index contributed by atoms with van der Waals surface area (Å²) >= 11 is 0.321. The van der Waals surface area contributed by atoms with Crippen LogP contribution in [0.1, 0.15) is 0 Å². The molecule has 0 bridgehead atoms.